The quantitative estimate of drug-likeness (QED) is 0.120. The molecule has 0 radical (unpaired) electrons. The average Bonchev–Trinajstić information content (AvgIpc) is 3.44. The molecule has 0 bridgehead atoms. The topological polar surface area (TPSA) is 131 Å². The number of carbonyl (C=O) groups excluding carboxylic acids is 2. The van der Waals surface area contributed by atoms with Gasteiger partial charge in [0.25, 0.3) is 0 Å². The smallest absolute Gasteiger partial charge is 0.319 e. The van der Waals surface area contributed by atoms with Gasteiger partial charge in [-0.3, -0.25) is 0 Å². The average molecular weight is 693 g/mol. The summed E-state index contributed by atoms with van der Waals surface area (Å²) in [6.45, 7) is 21.5. The Labute approximate surface area is 303 Å². The number of phenolic OH excluding ortho intramolecular Hbond substituents is 1. The number of benzene rings is 3. The summed E-state index contributed by atoms with van der Waals surface area (Å²) < 4.78 is 0. The van der Waals surface area contributed by atoms with Gasteiger partial charge >= 0.3 is 12.1 Å². The van der Waals surface area contributed by atoms with E-state index in [1.54, 1.807) is 7.05 Å². The Hall–Kier alpha value is -4.79. The number of hydrogen-bond acceptors (Lipinski definition) is 4. The Morgan fingerprint density at radius 3 is 1.78 bits per heavy atom. The third-order valence-electron chi connectivity index (χ3n) is 9.76. The molecule has 6 N–H and O–H groups in total. The summed E-state index contributed by atoms with van der Waals surface area (Å²) >= 11 is 0. The number of rotatable bonds is 6. The fourth-order valence-corrected chi connectivity index (χ4v) is 7.98. The number of urea groups is 2. The number of nitrogens with one attached hydrogen (secondary N) is 5. The van der Waals surface area contributed by atoms with Gasteiger partial charge in [-0.1, -0.05) is 86.6 Å². The van der Waals surface area contributed by atoms with Crippen molar-refractivity contribution < 1.29 is 14.7 Å². The van der Waals surface area contributed by atoms with E-state index in [0.29, 0.717) is 28.9 Å². The lowest BCUT2D eigenvalue weighted by Crippen LogP contribution is -2.53. The van der Waals surface area contributed by atoms with Crippen molar-refractivity contribution in [2.24, 2.45) is 11.3 Å². The van der Waals surface area contributed by atoms with E-state index in [0.717, 1.165) is 58.5 Å². The molecule has 0 saturated heterocycles. The van der Waals surface area contributed by atoms with Gasteiger partial charge in [0.2, 0.25) is 0 Å². The highest BCUT2D eigenvalue weighted by Gasteiger charge is 2.40. The van der Waals surface area contributed by atoms with Crippen molar-refractivity contribution in [3.05, 3.63) is 71.8 Å². The SMILES string of the molecule is CNC(=O)Nc1ccc(-c2nc(-c3cc(C(C)(C)C)c(O)c(C(C)(C)C)c3)[nH]c2-c2ccc(NC(=O)NC3(C)CC(C)CC(C)(C)C3)cc2)cc1. The molecule has 1 saturated carbocycles. The van der Waals surface area contributed by atoms with Gasteiger partial charge in [0, 0.05) is 51.8 Å². The molecule has 1 fully saturated rings. The van der Waals surface area contributed by atoms with Crippen molar-refractivity contribution >= 4 is 23.4 Å². The zero-order chi connectivity index (χ0) is 37.5. The van der Waals surface area contributed by atoms with Gasteiger partial charge in [0.05, 0.1) is 11.4 Å². The molecule has 9 heteroatoms. The number of imidazole rings is 1. The molecular weight excluding hydrogens is 637 g/mol. The van der Waals surface area contributed by atoms with Crippen LogP contribution in [0.4, 0.5) is 21.0 Å². The normalized spacial score (nSPS) is 18.9. The Bertz CT molecular complexity index is 1860. The van der Waals surface area contributed by atoms with Crippen LogP contribution in [0.15, 0.2) is 60.7 Å². The Kier molecular flexibility index (Phi) is 10.1. The minimum Gasteiger partial charge on any atom is -0.507 e. The minimum atomic E-state index is -0.302. The van der Waals surface area contributed by atoms with Gasteiger partial charge in [-0.2, -0.15) is 0 Å². The van der Waals surface area contributed by atoms with Crippen molar-refractivity contribution in [3.8, 4) is 39.7 Å². The molecule has 2 unspecified atom stereocenters. The van der Waals surface area contributed by atoms with Crippen LogP contribution in [0.2, 0.25) is 0 Å². The summed E-state index contributed by atoms with van der Waals surface area (Å²) in [5, 5.41) is 23.1. The number of phenols is 1. The number of aromatic hydroxyl groups is 1. The Morgan fingerprint density at radius 2 is 1.29 bits per heavy atom. The molecule has 272 valence electrons. The van der Waals surface area contributed by atoms with Crippen LogP contribution in [-0.2, 0) is 10.8 Å². The fraction of sp³-hybridized carbons (Fsp3) is 0.452. The zero-order valence-corrected chi connectivity index (χ0v) is 32.2. The molecule has 4 aromatic rings. The van der Waals surface area contributed by atoms with E-state index in [2.05, 4.69) is 95.5 Å². The fourth-order valence-electron chi connectivity index (χ4n) is 7.98. The number of aromatic amines is 1. The molecule has 1 heterocycles. The molecule has 0 spiro atoms. The largest absolute Gasteiger partial charge is 0.507 e. The second kappa shape index (κ2) is 13.7. The van der Waals surface area contributed by atoms with Crippen molar-refractivity contribution in [3.63, 3.8) is 0 Å². The summed E-state index contributed by atoms with van der Waals surface area (Å²) in [5.74, 6) is 1.52. The lowest BCUT2D eigenvalue weighted by Gasteiger charge is -2.46. The molecule has 4 amide bonds. The number of amides is 4. The Morgan fingerprint density at radius 1 is 0.784 bits per heavy atom. The van der Waals surface area contributed by atoms with Gasteiger partial charge in [-0.15, -0.1) is 0 Å². The number of H-pyrrole nitrogens is 1. The molecule has 3 aromatic carbocycles. The van der Waals surface area contributed by atoms with Crippen LogP contribution in [0.5, 0.6) is 5.75 Å². The summed E-state index contributed by atoms with van der Waals surface area (Å²) in [4.78, 5) is 33.9. The lowest BCUT2D eigenvalue weighted by molar-refractivity contribution is 0.100. The van der Waals surface area contributed by atoms with Gasteiger partial charge in [-0.05, 0) is 84.7 Å². The zero-order valence-electron chi connectivity index (χ0n) is 32.2. The van der Waals surface area contributed by atoms with Crippen molar-refractivity contribution in [1.82, 2.24) is 20.6 Å². The molecule has 1 aliphatic carbocycles. The van der Waals surface area contributed by atoms with Crippen molar-refractivity contribution in [1.29, 1.82) is 0 Å². The summed E-state index contributed by atoms with van der Waals surface area (Å²) in [6.07, 6.45) is 3.04. The number of aromatic nitrogens is 2. The van der Waals surface area contributed by atoms with E-state index in [9.17, 15) is 14.7 Å². The van der Waals surface area contributed by atoms with E-state index in [-0.39, 0.29) is 33.8 Å². The molecule has 2 atom stereocenters. The minimum absolute atomic E-state index is 0.172. The predicted molar refractivity (Wildman–Crippen MR) is 209 cm³/mol. The van der Waals surface area contributed by atoms with Crippen LogP contribution in [-0.4, -0.2) is 39.7 Å². The molecule has 51 heavy (non-hydrogen) atoms. The lowest BCUT2D eigenvalue weighted by atomic mass is 9.65. The predicted octanol–water partition coefficient (Wildman–Crippen LogP) is 10.2. The van der Waals surface area contributed by atoms with E-state index < -0.39 is 0 Å². The summed E-state index contributed by atoms with van der Waals surface area (Å²) in [6, 6.07) is 18.9. The first-order valence-electron chi connectivity index (χ1n) is 17.9. The van der Waals surface area contributed by atoms with E-state index in [1.165, 1.54) is 0 Å². The maximum Gasteiger partial charge on any atom is 0.319 e. The van der Waals surface area contributed by atoms with Crippen LogP contribution in [0.25, 0.3) is 33.9 Å². The van der Waals surface area contributed by atoms with Gasteiger partial charge in [0.1, 0.15) is 11.6 Å². The van der Waals surface area contributed by atoms with E-state index >= 15 is 0 Å². The first-order chi connectivity index (χ1) is 23.7. The molecule has 0 aliphatic heterocycles. The first-order valence-corrected chi connectivity index (χ1v) is 17.9. The Balaban J connectivity index is 1.52. The van der Waals surface area contributed by atoms with Crippen LogP contribution in [0.1, 0.15) is 99.6 Å². The number of nitrogens with zero attached hydrogens (tertiary/aromatic N) is 1. The number of hydrogen-bond donors (Lipinski definition) is 6. The molecule has 5 rings (SSSR count). The molecule has 1 aromatic heterocycles. The second-order valence-corrected chi connectivity index (χ2v) is 17.6. The van der Waals surface area contributed by atoms with E-state index in [1.807, 2.05) is 60.7 Å². The standard InChI is InChI=1S/C42H56N6O3/c1-25-22-41(8,9)24-42(10,23-25)48-38(51)45-30-18-14-27(15-19-30)34-33(26-12-16-29(17-13-26)44-37(50)43-11)46-36(47-34)28-20-31(39(2,3)4)35(49)32(21-28)40(5,6)7/h12-21,25,49H,22-24H2,1-11H3,(H,46,47)(H2,43,44,50)(H2,45,48,51). The van der Waals surface area contributed by atoms with Gasteiger partial charge in [-0.25, -0.2) is 14.6 Å². The number of carbonyl (C=O) groups is 2. The van der Waals surface area contributed by atoms with Crippen molar-refractivity contribution in [2.45, 2.75) is 105 Å². The van der Waals surface area contributed by atoms with E-state index in [4.69, 9.17) is 4.98 Å². The van der Waals surface area contributed by atoms with Crippen LogP contribution >= 0.6 is 0 Å². The monoisotopic (exact) mass is 692 g/mol. The van der Waals surface area contributed by atoms with Gasteiger partial charge < -0.3 is 31.4 Å². The first kappa shape index (κ1) is 37.5. The summed E-state index contributed by atoms with van der Waals surface area (Å²) in [5.41, 5.74) is 6.52. The second-order valence-electron chi connectivity index (χ2n) is 17.6. The molecular formula is C42H56N6O3. The molecule has 1 aliphatic rings. The van der Waals surface area contributed by atoms with Gasteiger partial charge in [0.15, 0.2) is 0 Å². The van der Waals surface area contributed by atoms with Crippen LogP contribution < -0.4 is 21.3 Å². The molecule has 9 nitrogen and oxygen atoms in total. The van der Waals surface area contributed by atoms with Crippen LogP contribution in [0.3, 0.4) is 0 Å². The highest BCUT2D eigenvalue weighted by atomic mass is 16.3. The third kappa shape index (κ3) is 8.75. The number of anilines is 2. The van der Waals surface area contributed by atoms with Crippen molar-refractivity contribution in [2.75, 3.05) is 17.7 Å². The summed E-state index contributed by atoms with van der Waals surface area (Å²) in [7, 11) is 1.58. The van der Waals surface area contributed by atoms with Crippen LogP contribution in [0, 0.1) is 11.3 Å². The third-order valence-corrected chi connectivity index (χ3v) is 9.76. The maximum absolute atomic E-state index is 13.2. The maximum atomic E-state index is 13.2. The highest BCUT2D eigenvalue weighted by molar-refractivity contribution is 5.91. The highest BCUT2D eigenvalue weighted by Crippen LogP contribution is 2.45.